The SMILES string of the molecule is Fc1cc(CCl)cc(OCc2nccs2)c1. The van der Waals surface area contributed by atoms with E-state index in [9.17, 15) is 4.39 Å². The number of hydrogen-bond donors (Lipinski definition) is 0. The maximum absolute atomic E-state index is 13.1. The summed E-state index contributed by atoms with van der Waals surface area (Å²) in [4.78, 5) is 4.07. The molecule has 2 aromatic rings. The molecule has 0 atom stereocenters. The second kappa shape index (κ2) is 5.27. The van der Waals surface area contributed by atoms with Gasteiger partial charge in [0.2, 0.25) is 0 Å². The van der Waals surface area contributed by atoms with Crippen LogP contribution in [0.15, 0.2) is 29.8 Å². The molecule has 84 valence electrons. The molecular weight excluding hydrogens is 249 g/mol. The lowest BCUT2D eigenvalue weighted by molar-refractivity contribution is 0.303. The van der Waals surface area contributed by atoms with Gasteiger partial charge >= 0.3 is 0 Å². The van der Waals surface area contributed by atoms with E-state index in [1.807, 2.05) is 5.38 Å². The number of nitrogens with zero attached hydrogens (tertiary/aromatic N) is 1. The third-order valence-electron chi connectivity index (χ3n) is 1.93. The molecule has 0 unspecified atom stereocenters. The summed E-state index contributed by atoms with van der Waals surface area (Å²) < 4.78 is 18.6. The predicted molar refractivity (Wildman–Crippen MR) is 62.4 cm³/mol. The molecule has 0 N–H and O–H groups in total. The molecule has 5 heteroatoms. The normalized spacial score (nSPS) is 10.4. The first-order valence-corrected chi connectivity index (χ1v) is 6.06. The summed E-state index contributed by atoms with van der Waals surface area (Å²) in [5.74, 6) is 0.406. The summed E-state index contributed by atoms with van der Waals surface area (Å²) in [5, 5.41) is 2.73. The van der Waals surface area contributed by atoms with Crippen molar-refractivity contribution in [2.24, 2.45) is 0 Å². The van der Waals surface area contributed by atoms with Crippen molar-refractivity contribution < 1.29 is 9.13 Å². The highest BCUT2D eigenvalue weighted by molar-refractivity contribution is 7.09. The first-order chi connectivity index (χ1) is 7.78. The standard InChI is InChI=1S/C11H9ClFNOS/c12-6-8-3-9(13)5-10(4-8)15-7-11-14-1-2-16-11/h1-5H,6-7H2. The van der Waals surface area contributed by atoms with Crippen LogP contribution < -0.4 is 4.74 Å². The summed E-state index contributed by atoms with van der Waals surface area (Å²) in [6, 6.07) is 4.45. The van der Waals surface area contributed by atoms with Crippen LogP contribution in [-0.4, -0.2) is 4.98 Å². The Balaban J connectivity index is 2.06. The van der Waals surface area contributed by atoms with E-state index in [1.165, 1.54) is 23.5 Å². The zero-order valence-corrected chi connectivity index (χ0v) is 9.89. The van der Waals surface area contributed by atoms with E-state index in [0.717, 1.165) is 5.01 Å². The molecule has 0 aliphatic heterocycles. The van der Waals surface area contributed by atoms with Crippen LogP contribution >= 0.6 is 22.9 Å². The van der Waals surface area contributed by atoms with Crippen molar-refractivity contribution >= 4 is 22.9 Å². The Labute approximate surface area is 102 Å². The first kappa shape index (κ1) is 11.4. The van der Waals surface area contributed by atoms with Crippen LogP contribution in [0.4, 0.5) is 4.39 Å². The maximum Gasteiger partial charge on any atom is 0.140 e. The van der Waals surface area contributed by atoms with Gasteiger partial charge in [-0.2, -0.15) is 0 Å². The molecule has 16 heavy (non-hydrogen) atoms. The predicted octanol–water partition coefficient (Wildman–Crippen LogP) is 3.60. The lowest BCUT2D eigenvalue weighted by atomic mass is 10.2. The van der Waals surface area contributed by atoms with Crippen LogP contribution in [0.1, 0.15) is 10.6 Å². The third-order valence-corrected chi connectivity index (χ3v) is 2.99. The van der Waals surface area contributed by atoms with Gasteiger partial charge in [0.15, 0.2) is 0 Å². The van der Waals surface area contributed by atoms with Crippen LogP contribution in [0.25, 0.3) is 0 Å². The van der Waals surface area contributed by atoms with Crippen molar-refractivity contribution in [3.8, 4) is 5.75 Å². The molecular formula is C11H9ClFNOS. The van der Waals surface area contributed by atoms with Crippen molar-refractivity contribution in [2.45, 2.75) is 12.5 Å². The fourth-order valence-electron chi connectivity index (χ4n) is 1.25. The quantitative estimate of drug-likeness (QED) is 0.781. The van der Waals surface area contributed by atoms with E-state index in [-0.39, 0.29) is 11.7 Å². The van der Waals surface area contributed by atoms with Crippen LogP contribution in [0.3, 0.4) is 0 Å². The Kier molecular flexibility index (Phi) is 3.74. The van der Waals surface area contributed by atoms with Gasteiger partial charge in [-0.05, 0) is 17.7 Å². The van der Waals surface area contributed by atoms with Crippen molar-refractivity contribution in [1.82, 2.24) is 4.98 Å². The minimum absolute atomic E-state index is 0.269. The number of benzene rings is 1. The van der Waals surface area contributed by atoms with E-state index in [1.54, 1.807) is 12.3 Å². The number of aromatic nitrogens is 1. The second-order valence-corrected chi connectivity index (χ2v) is 4.39. The lowest BCUT2D eigenvalue weighted by Crippen LogP contribution is -1.96. The molecule has 0 saturated heterocycles. The summed E-state index contributed by atoms with van der Waals surface area (Å²) in [6.45, 7) is 0.350. The molecule has 0 radical (unpaired) electrons. The summed E-state index contributed by atoms with van der Waals surface area (Å²) in [7, 11) is 0. The zero-order valence-electron chi connectivity index (χ0n) is 8.32. The topological polar surface area (TPSA) is 22.1 Å². The molecule has 1 aromatic heterocycles. The average Bonchev–Trinajstić information content (AvgIpc) is 2.78. The van der Waals surface area contributed by atoms with E-state index >= 15 is 0 Å². The molecule has 0 aliphatic rings. The van der Waals surface area contributed by atoms with Gasteiger partial charge in [-0.1, -0.05) is 0 Å². The van der Waals surface area contributed by atoms with Gasteiger partial charge in [0, 0.05) is 23.5 Å². The smallest absolute Gasteiger partial charge is 0.140 e. The highest BCUT2D eigenvalue weighted by Crippen LogP contribution is 2.19. The lowest BCUT2D eigenvalue weighted by Gasteiger charge is -2.05. The minimum Gasteiger partial charge on any atom is -0.486 e. The van der Waals surface area contributed by atoms with Gasteiger partial charge in [0.1, 0.15) is 23.2 Å². The van der Waals surface area contributed by atoms with Gasteiger partial charge in [-0.3, -0.25) is 0 Å². The third kappa shape index (κ3) is 2.93. The Morgan fingerprint density at radius 1 is 1.38 bits per heavy atom. The number of rotatable bonds is 4. The molecule has 0 saturated carbocycles. The summed E-state index contributed by atoms with van der Waals surface area (Å²) in [5.41, 5.74) is 0.704. The van der Waals surface area contributed by atoms with Gasteiger partial charge in [0.05, 0.1) is 0 Å². The molecule has 0 spiro atoms. The maximum atomic E-state index is 13.1. The molecule has 0 fully saturated rings. The van der Waals surface area contributed by atoms with Gasteiger partial charge in [0.25, 0.3) is 0 Å². The second-order valence-electron chi connectivity index (χ2n) is 3.14. The fraction of sp³-hybridized carbons (Fsp3) is 0.182. The first-order valence-electron chi connectivity index (χ1n) is 4.64. The van der Waals surface area contributed by atoms with Crippen LogP contribution in [0.2, 0.25) is 0 Å². The summed E-state index contributed by atoms with van der Waals surface area (Å²) in [6.07, 6.45) is 1.71. The van der Waals surface area contributed by atoms with Crippen LogP contribution in [0, 0.1) is 5.82 Å². The molecule has 0 bridgehead atoms. The molecule has 2 rings (SSSR count). The minimum atomic E-state index is -0.340. The Bertz CT molecular complexity index is 461. The summed E-state index contributed by atoms with van der Waals surface area (Å²) >= 11 is 7.14. The van der Waals surface area contributed by atoms with E-state index in [2.05, 4.69) is 4.98 Å². The fourth-order valence-corrected chi connectivity index (χ4v) is 1.93. The molecule has 1 heterocycles. The number of thiazole rings is 1. The number of alkyl halides is 1. The van der Waals surface area contributed by atoms with E-state index < -0.39 is 0 Å². The van der Waals surface area contributed by atoms with Gasteiger partial charge in [-0.15, -0.1) is 22.9 Å². The van der Waals surface area contributed by atoms with Crippen LogP contribution in [0.5, 0.6) is 5.75 Å². The molecule has 2 nitrogen and oxygen atoms in total. The highest BCUT2D eigenvalue weighted by Gasteiger charge is 2.02. The Morgan fingerprint density at radius 2 is 2.25 bits per heavy atom. The zero-order chi connectivity index (χ0) is 11.4. The van der Waals surface area contributed by atoms with Crippen molar-refractivity contribution in [1.29, 1.82) is 0 Å². The van der Waals surface area contributed by atoms with E-state index in [4.69, 9.17) is 16.3 Å². The van der Waals surface area contributed by atoms with Gasteiger partial charge < -0.3 is 4.74 Å². The monoisotopic (exact) mass is 257 g/mol. The van der Waals surface area contributed by atoms with Crippen molar-refractivity contribution in [3.63, 3.8) is 0 Å². The van der Waals surface area contributed by atoms with Gasteiger partial charge in [-0.25, -0.2) is 9.37 Å². The van der Waals surface area contributed by atoms with Crippen molar-refractivity contribution in [2.75, 3.05) is 0 Å². The number of ether oxygens (including phenoxy) is 1. The molecule has 0 aliphatic carbocycles. The average molecular weight is 258 g/mol. The molecule has 1 aromatic carbocycles. The Morgan fingerprint density at radius 3 is 2.94 bits per heavy atom. The number of halogens is 2. The van der Waals surface area contributed by atoms with E-state index in [0.29, 0.717) is 17.9 Å². The largest absolute Gasteiger partial charge is 0.486 e. The Hall–Kier alpha value is -1.13. The molecule has 0 amide bonds. The van der Waals surface area contributed by atoms with Crippen molar-refractivity contribution in [3.05, 3.63) is 46.2 Å². The highest BCUT2D eigenvalue weighted by atomic mass is 35.5. The number of hydrogen-bond acceptors (Lipinski definition) is 3. The van der Waals surface area contributed by atoms with Crippen LogP contribution in [-0.2, 0) is 12.5 Å².